The van der Waals surface area contributed by atoms with Crippen LogP contribution in [0.2, 0.25) is 0 Å². The van der Waals surface area contributed by atoms with Gasteiger partial charge in [-0.3, -0.25) is 14.8 Å². The van der Waals surface area contributed by atoms with E-state index in [0.717, 1.165) is 17.8 Å². The maximum Gasteiger partial charge on any atom is 0.433 e. The highest BCUT2D eigenvalue weighted by atomic mass is 19.4. The minimum Gasteiger partial charge on any atom is -0.443 e. The Kier molecular flexibility index (Phi) is 6.19. The van der Waals surface area contributed by atoms with E-state index in [1.54, 1.807) is 32.2 Å². The van der Waals surface area contributed by atoms with Gasteiger partial charge in [-0.15, -0.1) is 0 Å². The van der Waals surface area contributed by atoms with Crippen molar-refractivity contribution in [3.05, 3.63) is 89.3 Å². The molecule has 0 bridgehead atoms. The van der Waals surface area contributed by atoms with E-state index in [9.17, 15) is 18.0 Å². The smallest absolute Gasteiger partial charge is 0.433 e. The quantitative estimate of drug-likeness (QED) is 0.395. The van der Waals surface area contributed by atoms with Gasteiger partial charge in [-0.2, -0.15) is 13.2 Å². The summed E-state index contributed by atoms with van der Waals surface area (Å²) >= 11 is 0. The molecule has 6 nitrogen and oxygen atoms in total. The van der Waals surface area contributed by atoms with Gasteiger partial charge >= 0.3 is 6.18 Å². The third kappa shape index (κ3) is 4.98. The molecule has 4 aromatic rings. The van der Waals surface area contributed by atoms with E-state index in [2.05, 4.69) is 20.3 Å². The molecule has 0 saturated carbocycles. The molecule has 4 rings (SSSR count). The van der Waals surface area contributed by atoms with E-state index in [4.69, 9.17) is 4.42 Å². The lowest BCUT2D eigenvalue weighted by molar-refractivity contribution is -0.141. The normalized spacial score (nSPS) is 12.4. The van der Waals surface area contributed by atoms with Crippen LogP contribution in [0.25, 0.3) is 22.6 Å². The second-order valence-corrected chi connectivity index (χ2v) is 7.96. The van der Waals surface area contributed by atoms with Crippen LogP contribution in [0.15, 0.2) is 65.7 Å². The van der Waals surface area contributed by atoms with Crippen molar-refractivity contribution in [3.63, 3.8) is 0 Å². The fourth-order valence-corrected chi connectivity index (χ4v) is 3.45. The van der Waals surface area contributed by atoms with E-state index in [1.165, 1.54) is 12.5 Å². The van der Waals surface area contributed by atoms with Crippen molar-refractivity contribution >= 4 is 5.91 Å². The lowest BCUT2D eigenvalue weighted by Gasteiger charge is -2.16. The van der Waals surface area contributed by atoms with Crippen LogP contribution in [0.3, 0.4) is 0 Å². The molecule has 0 unspecified atom stereocenters. The Hall–Kier alpha value is -4.01. The van der Waals surface area contributed by atoms with Crippen molar-refractivity contribution in [3.8, 4) is 22.6 Å². The van der Waals surface area contributed by atoms with Crippen LogP contribution >= 0.6 is 0 Å². The zero-order valence-electron chi connectivity index (χ0n) is 18.6. The molecule has 0 spiro atoms. The molecule has 9 heteroatoms. The molecule has 1 amide bonds. The number of hydrogen-bond donors (Lipinski definition) is 1. The number of benzene rings is 1. The summed E-state index contributed by atoms with van der Waals surface area (Å²) in [5.74, 6) is 0.128. The summed E-state index contributed by atoms with van der Waals surface area (Å²) in [5.41, 5.74) is 3.53. The molecule has 1 atom stereocenters. The standard InChI is InChI=1S/C25H21F3N4O2/c1-14-4-6-21(29-11-14)18-8-19(23-16(3)31-13-34-23)10-20(9-18)24(33)32-15(2)17-5-7-22(30-12-17)25(26,27)28/h4-13,15H,1-3H3,(H,32,33)/t15-/m1/s1. The number of aromatic nitrogens is 3. The minimum atomic E-state index is -4.52. The molecule has 1 N–H and O–H groups in total. The molecule has 34 heavy (non-hydrogen) atoms. The number of aryl methyl sites for hydroxylation is 2. The Morgan fingerprint density at radius 3 is 2.32 bits per heavy atom. The third-order valence-corrected chi connectivity index (χ3v) is 5.33. The Balaban J connectivity index is 1.65. The maximum absolute atomic E-state index is 13.1. The molecule has 0 aliphatic carbocycles. The molecule has 0 saturated heterocycles. The first kappa shape index (κ1) is 23.2. The van der Waals surface area contributed by atoms with Crippen LogP contribution in [-0.2, 0) is 6.18 Å². The maximum atomic E-state index is 13.1. The number of oxazole rings is 1. The number of carbonyl (C=O) groups excluding carboxylic acids is 1. The Morgan fingerprint density at radius 1 is 0.971 bits per heavy atom. The van der Waals surface area contributed by atoms with Crippen molar-refractivity contribution in [2.45, 2.75) is 33.0 Å². The fourth-order valence-electron chi connectivity index (χ4n) is 3.45. The highest BCUT2D eigenvalue weighted by Gasteiger charge is 2.32. The van der Waals surface area contributed by atoms with E-state index in [0.29, 0.717) is 39.4 Å². The number of pyridine rings is 2. The Morgan fingerprint density at radius 2 is 1.74 bits per heavy atom. The second-order valence-electron chi connectivity index (χ2n) is 7.96. The van der Waals surface area contributed by atoms with Gasteiger partial charge in [0.1, 0.15) is 5.69 Å². The number of carbonyl (C=O) groups is 1. The monoisotopic (exact) mass is 466 g/mol. The van der Waals surface area contributed by atoms with Gasteiger partial charge in [0, 0.05) is 29.1 Å². The molecular formula is C25H21F3N4O2. The number of rotatable bonds is 5. The minimum absolute atomic E-state index is 0.345. The molecule has 3 heterocycles. The summed E-state index contributed by atoms with van der Waals surface area (Å²) in [6.07, 6.45) is -0.337. The molecule has 0 fully saturated rings. The average Bonchev–Trinajstić information content (AvgIpc) is 3.24. The van der Waals surface area contributed by atoms with Gasteiger partial charge in [-0.05, 0) is 62.2 Å². The number of nitrogens with one attached hydrogen (secondary N) is 1. The molecule has 0 aliphatic rings. The highest BCUT2D eigenvalue weighted by molar-refractivity contribution is 5.97. The predicted molar refractivity (Wildman–Crippen MR) is 120 cm³/mol. The summed E-state index contributed by atoms with van der Waals surface area (Å²) in [7, 11) is 0. The van der Waals surface area contributed by atoms with Gasteiger partial charge in [0.2, 0.25) is 0 Å². The van der Waals surface area contributed by atoms with Gasteiger partial charge in [-0.1, -0.05) is 12.1 Å². The number of halogens is 3. The molecule has 174 valence electrons. The predicted octanol–water partition coefficient (Wildman–Crippen LogP) is 5.93. The topological polar surface area (TPSA) is 80.9 Å². The van der Waals surface area contributed by atoms with Crippen LogP contribution in [0, 0.1) is 13.8 Å². The first-order valence-corrected chi connectivity index (χ1v) is 10.4. The van der Waals surface area contributed by atoms with Crippen molar-refractivity contribution in [2.75, 3.05) is 0 Å². The summed E-state index contributed by atoms with van der Waals surface area (Å²) in [5, 5.41) is 2.82. The zero-order valence-corrected chi connectivity index (χ0v) is 18.6. The highest BCUT2D eigenvalue weighted by Crippen LogP contribution is 2.30. The average molecular weight is 466 g/mol. The van der Waals surface area contributed by atoms with Crippen molar-refractivity contribution in [1.82, 2.24) is 20.3 Å². The van der Waals surface area contributed by atoms with Crippen LogP contribution in [0.5, 0.6) is 0 Å². The van der Waals surface area contributed by atoms with Crippen LogP contribution in [0.4, 0.5) is 13.2 Å². The van der Waals surface area contributed by atoms with Crippen molar-refractivity contribution < 1.29 is 22.4 Å². The van der Waals surface area contributed by atoms with E-state index >= 15 is 0 Å². The van der Waals surface area contributed by atoms with Crippen molar-refractivity contribution in [2.24, 2.45) is 0 Å². The molecule has 3 aromatic heterocycles. The van der Waals surface area contributed by atoms with Gasteiger partial charge in [0.15, 0.2) is 12.2 Å². The summed E-state index contributed by atoms with van der Waals surface area (Å²) in [4.78, 5) is 25.2. The number of nitrogens with zero attached hydrogens (tertiary/aromatic N) is 3. The van der Waals surface area contributed by atoms with Gasteiger partial charge in [0.25, 0.3) is 5.91 Å². The first-order valence-electron chi connectivity index (χ1n) is 10.4. The summed E-state index contributed by atoms with van der Waals surface area (Å²) in [6.45, 7) is 5.41. The Labute approximate surface area is 193 Å². The lowest BCUT2D eigenvalue weighted by Crippen LogP contribution is -2.27. The van der Waals surface area contributed by atoms with Gasteiger partial charge in [-0.25, -0.2) is 4.98 Å². The van der Waals surface area contributed by atoms with E-state index in [-0.39, 0.29) is 0 Å². The van der Waals surface area contributed by atoms with Crippen LogP contribution in [0.1, 0.15) is 45.8 Å². The third-order valence-electron chi connectivity index (χ3n) is 5.33. The van der Waals surface area contributed by atoms with Crippen LogP contribution < -0.4 is 5.32 Å². The number of alkyl halides is 3. The fraction of sp³-hybridized carbons (Fsp3) is 0.200. The number of amides is 1. The molecule has 1 aromatic carbocycles. The SMILES string of the molecule is Cc1ccc(-c2cc(C(=O)N[C@H](C)c3ccc(C(F)(F)F)nc3)cc(-c3ocnc3C)c2)nc1. The Bertz CT molecular complexity index is 1310. The number of hydrogen-bond acceptors (Lipinski definition) is 5. The van der Waals surface area contributed by atoms with E-state index < -0.39 is 23.8 Å². The zero-order chi connectivity index (χ0) is 24.5. The largest absolute Gasteiger partial charge is 0.443 e. The molecular weight excluding hydrogens is 445 g/mol. The van der Waals surface area contributed by atoms with Crippen molar-refractivity contribution in [1.29, 1.82) is 0 Å². The van der Waals surface area contributed by atoms with E-state index in [1.807, 2.05) is 25.1 Å². The first-order chi connectivity index (χ1) is 16.1. The van der Waals surface area contributed by atoms with Crippen LogP contribution in [-0.4, -0.2) is 20.9 Å². The summed E-state index contributed by atoms with van der Waals surface area (Å²) in [6, 6.07) is 10.7. The van der Waals surface area contributed by atoms with Gasteiger partial charge in [0.05, 0.1) is 17.4 Å². The second kappa shape index (κ2) is 9.09. The van der Waals surface area contributed by atoms with Gasteiger partial charge < -0.3 is 9.73 Å². The molecule has 0 radical (unpaired) electrons. The summed E-state index contributed by atoms with van der Waals surface area (Å²) < 4.78 is 43.9. The molecule has 0 aliphatic heterocycles. The lowest BCUT2D eigenvalue weighted by atomic mass is 9.99.